The fourth-order valence-corrected chi connectivity index (χ4v) is 2.23. The molecule has 0 spiro atoms. The summed E-state index contributed by atoms with van der Waals surface area (Å²) in [5.74, 6) is 0.543. The topological polar surface area (TPSA) is 64.3 Å². The maximum absolute atomic E-state index is 11.6. The zero-order valence-corrected chi connectivity index (χ0v) is 14.2. The van der Waals surface area contributed by atoms with E-state index in [0.717, 1.165) is 12.0 Å². The van der Waals surface area contributed by atoms with Gasteiger partial charge in [-0.15, -0.1) is 0 Å². The molecule has 0 aliphatic rings. The van der Waals surface area contributed by atoms with Gasteiger partial charge in [-0.05, 0) is 43.2 Å². The van der Waals surface area contributed by atoms with E-state index in [-0.39, 0.29) is 11.9 Å². The molecule has 4 nitrogen and oxygen atoms in total. The van der Waals surface area contributed by atoms with Crippen molar-refractivity contribution in [3.63, 3.8) is 0 Å². The van der Waals surface area contributed by atoms with Gasteiger partial charge < -0.3 is 15.8 Å². The predicted octanol–water partition coefficient (Wildman–Crippen LogP) is 3.43. The van der Waals surface area contributed by atoms with Crippen LogP contribution in [0.2, 0.25) is 0 Å². The number of hydrogen-bond acceptors (Lipinski definition) is 3. The van der Waals surface area contributed by atoms with Crippen LogP contribution < -0.4 is 15.8 Å². The lowest BCUT2D eigenvalue weighted by Crippen LogP contribution is -2.28. The molecule has 0 unspecified atom stereocenters. The molecule has 4 heteroatoms. The van der Waals surface area contributed by atoms with Crippen molar-refractivity contribution < 1.29 is 9.53 Å². The number of benzene rings is 2. The Hall–Kier alpha value is -2.75. The Balaban J connectivity index is 1.89. The Kier molecular flexibility index (Phi) is 6.43. The molecule has 2 aromatic carbocycles. The zero-order valence-electron chi connectivity index (χ0n) is 14.2. The van der Waals surface area contributed by atoms with Crippen molar-refractivity contribution in [3.8, 4) is 5.75 Å². The number of ether oxygens (including phenoxy) is 1. The Morgan fingerprint density at radius 2 is 1.96 bits per heavy atom. The fourth-order valence-electron chi connectivity index (χ4n) is 2.23. The summed E-state index contributed by atoms with van der Waals surface area (Å²) >= 11 is 0. The second kappa shape index (κ2) is 8.77. The van der Waals surface area contributed by atoms with E-state index in [4.69, 9.17) is 10.5 Å². The molecule has 0 bridgehead atoms. The minimum absolute atomic E-state index is 0.118. The standard InChI is InChI=1S/C20H24N2O2/c1-15(2)22-20(23)11-9-17-8-10-19(18(21)14-17)24-13-12-16-6-4-3-5-7-16/h3-11,14-15H,12-13,21H2,1-2H3,(H,22,23)/b11-9-. The van der Waals surface area contributed by atoms with Gasteiger partial charge in [0.25, 0.3) is 0 Å². The van der Waals surface area contributed by atoms with Crippen molar-refractivity contribution in [2.75, 3.05) is 12.3 Å². The van der Waals surface area contributed by atoms with Gasteiger partial charge in [-0.2, -0.15) is 0 Å². The summed E-state index contributed by atoms with van der Waals surface area (Å²) in [7, 11) is 0. The molecule has 24 heavy (non-hydrogen) atoms. The molecule has 0 saturated carbocycles. The van der Waals surface area contributed by atoms with Crippen LogP contribution in [0.15, 0.2) is 54.6 Å². The summed E-state index contributed by atoms with van der Waals surface area (Å²) in [4.78, 5) is 11.6. The summed E-state index contributed by atoms with van der Waals surface area (Å²) in [6.45, 7) is 4.41. The molecule has 1 amide bonds. The highest BCUT2D eigenvalue weighted by molar-refractivity contribution is 5.92. The van der Waals surface area contributed by atoms with Gasteiger partial charge in [0.15, 0.2) is 0 Å². The number of hydrogen-bond donors (Lipinski definition) is 2. The van der Waals surface area contributed by atoms with E-state index >= 15 is 0 Å². The maximum Gasteiger partial charge on any atom is 0.244 e. The van der Waals surface area contributed by atoms with Gasteiger partial charge in [0, 0.05) is 18.5 Å². The Morgan fingerprint density at radius 3 is 2.62 bits per heavy atom. The normalized spacial score (nSPS) is 11.0. The second-order valence-corrected chi connectivity index (χ2v) is 5.88. The number of nitrogen functional groups attached to an aromatic ring is 1. The third kappa shape index (κ3) is 5.80. The van der Waals surface area contributed by atoms with Crippen LogP contribution in [0.3, 0.4) is 0 Å². The van der Waals surface area contributed by atoms with E-state index in [9.17, 15) is 4.79 Å². The molecule has 126 valence electrons. The number of carbonyl (C=O) groups excluding carboxylic acids is 1. The molecular weight excluding hydrogens is 300 g/mol. The fraction of sp³-hybridized carbons (Fsp3) is 0.250. The molecule has 2 aromatic rings. The number of rotatable bonds is 7. The molecule has 2 rings (SSSR count). The zero-order chi connectivity index (χ0) is 17.4. The van der Waals surface area contributed by atoms with Crippen LogP contribution in [0.4, 0.5) is 5.69 Å². The van der Waals surface area contributed by atoms with E-state index in [2.05, 4.69) is 17.4 Å². The van der Waals surface area contributed by atoms with Crippen molar-refractivity contribution in [1.82, 2.24) is 5.32 Å². The summed E-state index contributed by atoms with van der Waals surface area (Å²) < 4.78 is 5.75. The molecule has 0 heterocycles. The summed E-state index contributed by atoms with van der Waals surface area (Å²) in [5, 5.41) is 2.80. The van der Waals surface area contributed by atoms with Gasteiger partial charge in [-0.1, -0.05) is 36.4 Å². The van der Waals surface area contributed by atoms with Crippen LogP contribution >= 0.6 is 0 Å². The molecule has 0 atom stereocenters. The molecule has 0 aliphatic carbocycles. The van der Waals surface area contributed by atoms with Crippen LogP contribution in [0, 0.1) is 0 Å². The molecular formula is C20H24N2O2. The van der Waals surface area contributed by atoms with Gasteiger partial charge >= 0.3 is 0 Å². The second-order valence-electron chi connectivity index (χ2n) is 5.88. The number of nitrogens with two attached hydrogens (primary N) is 1. The van der Waals surface area contributed by atoms with Crippen molar-refractivity contribution in [2.24, 2.45) is 0 Å². The van der Waals surface area contributed by atoms with Crippen molar-refractivity contribution >= 4 is 17.7 Å². The SMILES string of the molecule is CC(C)NC(=O)/C=C\c1ccc(OCCc2ccccc2)c(N)c1. The average molecular weight is 324 g/mol. The number of anilines is 1. The first-order valence-corrected chi connectivity index (χ1v) is 8.09. The minimum atomic E-state index is -0.119. The smallest absolute Gasteiger partial charge is 0.244 e. The van der Waals surface area contributed by atoms with Gasteiger partial charge in [0.05, 0.1) is 12.3 Å². The van der Waals surface area contributed by atoms with Crippen molar-refractivity contribution in [2.45, 2.75) is 26.3 Å². The highest BCUT2D eigenvalue weighted by Gasteiger charge is 2.02. The lowest BCUT2D eigenvalue weighted by Gasteiger charge is -2.09. The van der Waals surface area contributed by atoms with E-state index in [1.165, 1.54) is 11.6 Å². The average Bonchev–Trinajstić information content (AvgIpc) is 2.55. The Labute approximate surface area is 143 Å². The van der Waals surface area contributed by atoms with E-state index in [0.29, 0.717) is 18.0 Å². The van der Waals surface area contributed by atoms with E-state index < -0.39 is 0 Å². The molecule has 0 aliphatic heterocycles. The van der Waals surface area contributed by atoms with E-state index in [1.807, 2.05) is 44.2 Å². The Bertz CT molecular complexity index is 694. The highest BCUT2D eigenvalue weighted by Crippen LogP contribution is 2.23. The summed E-state index contributed by atoms with van der Waals surface area (Å²) in [6.07, 6.45) is 4.07. The van der Waals surface area contributed by atoms with Gasteiger partial charge in [0.1, 0.15) is 5.75 Å². The molecule has 0 radical (unpaired) electrons. The Morgan fingerprint density at radius 1 is 1.21 bits per heavy atom. The van der Waals surface area contributed by atoms with E-state index in [1.54, 1.807) is 12.1 Å². The molecule has 0 aromatic heterocycles. The quantitative estimate of drug-likeness (QED) is 0.606. The monoisotopic (exact) mass is 324 g/mol. The molecule has 3 N–H and O–H groups in total. The van der Waals surface area contributed by atoms with Crippen LogP contribution in [0.1, 0.15) is 25.0 Å². The minimum Gasteiger partial charge on any atom is -0.491 e. The number of carbonyl (C=O) groups is 1. The number of nitrogens with one attached hydrogen (secondary N) is 1. The third-order valence-electron chi connectivity index (χ3n) is 3.38. The van der Waals surface area contributed by atoms with Crippen molar-refractivity contribution in [3.05, 3.63) is 65.7 Å². The van der Waals surface area contributed by atoms with Crippen LogP contribution in [-0.2, 0) is 11.2 Å². The first kappa shape index (κ1) is 17.6. The van der Waals surface area contributed by atoms with Crippen LogP contribution in [-0.4, -0.2) is 18.6 Å². The summed E-state index contributed by atoms with van der Waals surface area (Å²) in [5.41, 5.74) is 8.68. The lowest BCUT2D eigenvalue weighted by atomic mass is 10.1. The largest absolute Gasteiger partial charge is 0.491 e. The predicted molar refractivity (Wildman–Crippen MR) is 98.8 cm³/mol. The van der Waals surface area contributed by atoms with Crippen LogP contribution in [0.5, 0.6) is 5.75 Å². The molecule has 0 saturated heterocycles. The first-order valence-electron chi connectivity index (χ1n) is 8.09. The van der Waals surface area contributed by atoms with Gasteiger partial charge in [-0.3, -0.25) is 4.79 Å². The van der Waals surface area contributed by atoms with Crippen LogP contribution in [0.25, 0.3) is 6.08 Å². The van der Waals surface area contributed by atoms with Gasteiger partial charge in [0.2, 0.25) is 5.91 Å². The first-order chi connectivity index (χ1) is 11.5. The third-order valence-corrected chi connectivity index (χ3v) is 3.38. The summed E-state index contributed by atoms with van der Waals surface area (Å²) in [6, 6.07) is 15.8. The lowest BCUT2D eigenvalue weighted by molar-refractivity contribution is -0.116. The van der Waals surface area contributed by atoms with Crippen molar-refractivity contribution in [1.29, 1.82) is 0 Å². The molecule has 0 fully saturated rings. The highest BCUT2D eigenvalue weighted by atomic mass is 16.5. The maximum atomic E-state index is 11.6. The number of amides is 1. The van der Waals surface area contributed by atoms with Gasteiger partial charge in [-0.25, -0.2) is 0 Å².